The average Bonchev–Trinajstić information content (AvgIpc) is 3.31. The summed E-state index contributed by atoms with van der Waals surface area (Å²) in [7, 11) is 0. The largest absolute Gasteiger partial charge is 0.417 e. The van der Waals surface area contributed by atoms with E-state index in [0.29, 0.717) is 11.1 Å². The fourth-order valence-corrected chi connectivity index (χ4v) is 3.36. The predicted molar refractivity (Wildman–Crippen MR) is 77.2 cm³/mol. The molecule has 2 nitrogen and oxygen atoms in total. The quantitative estimate of drug-likeness (QED) is 0.608. The zero-order valence-corrected chi connectivity index (χ0v) is 12.5. The predicted octanol–water partition coefficient (Wildman–Crippen LogP) is 3.97. The molecule has 6 heteroatoms. The maximum absolute atomic E-state index is 12.4. The van der Waals surface area contributed by atoms with Gasteiger partial charge < -0.3 is 5.32 Å². The molecule has 0 saturated heterocycles. The lowest BCUT2D eigenvalue weighted by Gasteiger charge is -2.17. The van der Waals surface area contributed by atoms with E-state index in [4.69, 9.17) is 0 Å². The number of nitrogens with one attached hydrogen (secondary N) is 1. The molecular weight excluding hydrogens is 297 g/mol. The van der Waals surface area contributed by atoms with Crippen LogP contribution in [0.1, 0.15) is 31.2 Å². The molecular formula is C15H19F3N2S. The second kappa shape index (κ2) is 6.16. The van der Waals surface area contributed by atoms with E-state index in [0.717, 1.165) is 36.4 Å². The smallest absolute Gasteiger partial charge is 0.313 e. The number of hydrogen-bond donors (Lipinski definition) is 1. The minimum atomic E-state index is -4.31. The van der Waals surface area contributed by atoms with Crippen molar-refractivity contribution >= 4 is 11.8 Å². The van der Waals surface area contributed by atoms with E-state index >= 15 is 0 Å². The zero-order valence-electron chi connectivity index (χ0n) is 11.7. The van der Waals surface area contributed by atoms with E-state index < -0.39 is 11.7 Å². The highest BCUT2D eigenvalue weighted by molar-refractivity contribution is 7.99. The lowest BCUT2D eigenvalue weighted by Crippen LogP contribution is -2.34. The van der Waals surface area contributed by atoms with Crippen LogP contribution in [-0.2, 0) is 6.18 Å². The number of pyridine rings is 1. The van der Waals surface area contributed by atoms with Crippen LogP contribution in [-0.4, -0.2) is 23.3 Å². The molecule has 21 heavy (non-hydrogen) atoms. The first-order valence-electron chi connectivity index (χ1n) is 7.43. The van der Waals surface area contributed by atoms with Crippen LogP contribution in [0.2, 0.25) is 0 Å². The van der Waals surface area contributed by atoms with Gasteiger partial charge in [-0.25, -0.2) is 4.98 Å². The maximum atomic E-state index is 12.4. The van der Waals surface area contributed by atoms with Crippen LogP contribution in [0.4, 0.5) is 13.2 Å². The highest BCUT2D eigenvalue weighted by Gasteiger charge is 2.40. The van der Waals surface area contributed by atoms with Crippen molar-refractivity contribution in [2.45, 2.75) is 42.9 Å². The summed E-state index contributed by atoms with van der Waals surface area (Å²) in [4.78, 5) is 3.87. The average molecular weight is 316 g/mol. The maximum Gasteiger partial charge on any atom is 0.417 e. The molecule has 0 bridgehead atoms. The minimum absolute atomic E-state index is 0.652. The fourth-order valence-electron chi connectivity index (χ4n) is 2.64. The number of halogens is 3. The monoisotopic (exact) mass is 316 g/mol. The third-order valence-corrected chi connectivity index (χ3v) is 5.00. The molecule has 2 fully saturated rings. The van der Waals surface area contributed by atoms with Crippen molar-refractivity contribution in [3.63, 3.8) is 0 Å². The molecule has 2 saturated carbocycles. The van der Waals surface area contributed by atoms with Crippen LogP contribution in [0.15, 0.2) is 23.4 Å². The Kier molecular flexibility index (Phi) is 4.45. The number of aromatic nitrogens is 1. The van der Waals surface area contributed by atoms with Crippen molar-refractivity contribution in [1.82, 2.24) is 10.3 Å². The van der Waals surface area contributed by atoms with Crippen LogP contribution >= 0.6 is 11.8 Å². The SMILES string of the molecule is FC(F)(F)c1ccc(SCCNC(C2CC2)C2CC2)nc1. The standard InChI is InChI=1S/C15H19F3N2S/c16-15(17,18)12-5-6-13(20-9-12)21-8-7-19-14(10-1-2-10)11-3-4-11/h5-6,9-11,14,19H,1-4,7-8H2. The molecule has 0 unspecified atom stereocenters. The highest BCUT2D eigenvalue weighted by atomic mass is 32.2. The van der Waals surface area contributed by atoms with Gasteiger partial charge in [0.05, 0.1) is 10.6 Å². The lowest BCUT2D eigenvalue weighted by atomic mass is 10.1. The van der Waals surface area contributed by atoms with Crippen LogP contribution in [0.5, 0.6) is 0 Å². The third kappa shape index (κ3) is 4.36. The van der Waals surface area contributed by atoms with Gasteiger partial charge in [-0.15, -0.1) is 11.8 Å². The van der Waals surface area contributed by atoms with Gasteiger partial charge in [-0.2, -0.15) is 13.2 Å². The Balaban J connectivity index is 1.40. The first-order valence-corrected chi connectivity index (χ1v) is 8.42. The van der Waals surface area contributed by atoms with Gasteiger partial charge >= 0.3 is 6.18 Å². The van der Waals surface area contributed by atoms with E-state index in [1.165, 1.54) is 43.5 Å². The number of nitrogens with zero attached hydrogens (tertiary/aromatic N) is 1. The van der Waals surface area contributed by atoms with Crippen molar-refractivity contribution in [3.8, 4) is 0 Å². The molecule has 0 radical (unpaired) electrons. The topological polar surface area (TPSA) is 24.9 Å². The lowest BCUT2D eigenvalue weighted by molar-refractivity contribution is -0.137. The molecule has 0 atom stereocenters. The summed E-state index contributed by atoms with van der Waals surface area (Å²) >= 11 is 1.51. The molecule has 0 aromatic carbocycles. The molecule has 0 aliphatic heterocycles. The second-order valence-corrected chi connectivity index (χ2v) is 7.00. The van der Waals surface area contributed by atoms with Crippen LogP contribution in [0.25, 0.3) is 0 Å². The van der Waals surface area contributed by atoms with E-state index in [1.54, 1.807) is 0 Å². The van der Waals surface area contributed by atoms with Crippen LogP contribution in [0.3, 0.4) is 0 Å². The molecule has 0 amide bonds. The van der Waals surface area contributed by atoms with E-state index in [9.17, 15) is 13.2 Å². The molecule has 0 spiro atoms. The van der Waals surface area contributed by atoms with Crippen molar-refractivity contribution in [1.29, 1.82) is 0 Å². The summed E-state index contributed by atoms with van der Waals surface area (Å²) in [5.41, 5.74) is -0.687. The highest BCUT2D eigenvalue weighted by Crippen LogP contribution is 2.44. The summed E-state index contributed by atoms with van der Waals surface area (Å²) in [5.74, 6) is 2.58. The molecule has 1 heterocycles. The normalized spacial score (nSPS) is 19.2. The summed E-state index contributed by atoms with van der Waals surface area (Å²) in [5, 5.41) is 4.27. The Hall–Kier alpha value is -0.750. The van der Waals surface area contributed by atoms with Crippen molar-refractivity contribution in [2.24, 2.45) is 11.8 Å². The number of thioether (sulfide) groups is 1. The Morgan fingerprint density at radius 1 is 1.19 bits per heavy atom. The van der Waals surface area contributed by atoms with Gasteiger partial charge in [-0.3, -0.25) is 0 Å². The molecule has 2 aliphatic carbocycles. The number of hydrogen-bond acceptors (Lipinski definition) is 3. The van der Waals surface area contributed by atoms with E-state index in [2.05, 4.69) is 10.3 Å². The molecule has 116 valence electrons. The zero-order chi connectivity index (χ0) is 14.9. The van der Waals surface area contributed by atoms with Crippen molar-refractivity contribution < 1.29 is 13.2 Å². The Morgan fingerprint density at radius 3 is 2.33 bits per heavy atom. The fraction of sp³-hybridized carbons (Fsp3) is 0.667. The molecule has 1 N–H and O–H groups in total. The second-order valence-electron chi connectivity index (χ2n) is 5.89. The Labute approximate surface area is 126 Å². The molecule has 1 aromatic rings. The first kappa shape index (κ1) is 15.2. The Bertz CT molecular complexity index is 455. The number of rotatable bonds is 7. The summed E-state index contributed by atoms with van der Waals surface area (Å²) < 4.78 is 37.3. The van der Waals surface area contributed by atoms with Gasteiger partial charge in [0, 0.05) is 24.5 Å². The van der Waals surface area contributed by atoms with Crippen molar-refractivity contribution in [3.05, 3.63) is 23.9 Å². The first-order chi connectivity index (χ1) is 10.0. The van der Waals surface area contributed by atoms with Crippen LogP contribution < -0.4 is 5.32 Å². The van der Waals surface area contributed by atoms with Gasteiger partial charge in [0.1, 0.15) is 0 Å². The Morgan fingerprint density at radius 2 is 1.86 bits per heavy atom. The van der Waals surface area contributed by atoms with Gasteiger partial charge in [-0.1, -0.05) is 0 Å². The molecule has 2 aliphatic rings. The van der Waals surface area contributed by atoms with Gasteiger partial charge in [0.25, 0.3) is 0 Å². The summed E-state index contributed by atoms with van der Waals surface area (Å²) in [6.07, 6.45) is 2.00. The molecule has 1 aromatic heterocycles. The molecule has 3 rings (SSSR count). The third-order valence-electron chi connectivity index (χ3n) is 4.06. The van der Waals surface area contributed by atoms with E-state index in [1.807, 2.05) is 0 Å². The summed E-state index contributed by atoms with van der Waals surface area (Å²) in [6, 6.07) is 3.22. The van der Waals surface area contributed by atoms with E-state index in [-0.39, 0.29) is 0 Å². The number of alkyl halides is 3. The summed E-state index contributed by atoms with van der Waals surface area (Å²) in [6.45, 7) is 0.894. The van der Waals surface area contributed by atoms with Gasteiger partial charge in [0.15, 0.2) is 0 Å². The minimum Gasteiger partial charge on any atom is -0.313 e. The van der Waals surface area contributed by atoms with Gasteiger partial charge in [-0.05, 0) is 49.7 Å². The van der Waals surface area contributed by atoms with Crippen molar-refractivity contribution in [2.75, 3.05) is 12.3 Å². The van der Waals surface area contributed by atoms with Gasteiger partial charge in [0.2, 0.25) is 0 Å². The van der Waals surface area contributed by atoms with Crippen LogP contribution in [0, 0.1) is 11.8 Å².